The summed E-state index contributed by atoms with van der Waals surface area (Å²) in [4.78, 5) is 27.3. The topological polar surface area (TPSA) is 74.3 Å². The largest absolute Gasteiger partial charge is 0.493 e. The number of methoxy groups -OCH3 is 3. The fraction of sp³-hybridized carbons (Fsp3) is 0.619. The Morgan fingerprint density at radius 2 is 1.68 bits per heavy atom. The number of nitrogens with zero attached hydrogens (tertiary/aromatic N) is 1. The summed E-state index contributed by atoms with van der Waals surface area (Å²) in [6.45, 7) is 0.483. The number of rotatable bonds is 6. The van der Waals surface area contributed by atoms with E-state index < -0.39 is 5.97 Å². The number of hydrogen-bond donors (Lipinski definition) is 0. The fourth-order valence-electron chi connectivity index (χ4n) is 4.48. The minimum Gasteiger partial charge on any atom is -0.493 e. The van der Waals surface area contributed by atoms with Crippen LogP contribution in [0.2, 0.25) is 0 Å². The van der Waals surface area contributed by atoms with E-state index in [1.807, 2.05) is 4.90 Å². The van der Waals surface area contributed by atoms with Crippen LogP contribution in [-0.4, -0.2) is 57.3 Å². The van der Waals surface area contributed by atoms with Gasteiger partial charge in [-0.05, 0) is 43.7 Å². The number of benzene rings is 1. The molecule has 0 unspecified atom stereocenters. The number of carbonyl (C=O) groups is 2. The Labute approximate surface area is 165 Å². The van der Waals surface area contributed by atoms with Gasteiger partial charge in [0.1, 0.15) is 5.56 Å². The Balaban J connectivity index is 1.67. The van der Waals surface area contributed by atoms with Gasteiger partial charge in [-0.1, -0.05) is 12.8 Å². The van der Waals surface area contributed by atoms with Gasteiger partial charge in [-0.15, -0.1) is 0 Å². The zero-order chi connectivity index (χ0) is 20.1. The Morgan fingerprint density at radius 1 is 0.964 bits per heavy atom. The number of esters is 1. The van der Waals surface area contributed by atoms with E-state index in [1.54, 1.807) is 12.1 Å². The first-order valence-corrected chi connectivity index (χ1v) is 9.86. The van der Waals surface area contributed by atoms with Crippen LogP contribution in [0.5, 0.6) is 17.2 Å². The lowest BCUT2D eigenvalue weighted by atomic mass is 9.78. The predicted molar refractivity (Wildman–Crippen MR) is 103 cm³/mol. The SMILES string of the molecule is COc1ccc(C(=O)OCC(=O)N2CCC[C@@H]3CCCC[C@H]32)c(OC)c1OC. The van der Waals surface area contributed by atoms with Crippen LogP contribution in [0.15, 0.2) is 12.1 Å². The Bertz CT molecular complexity index is 717. The number of amides is 1. The smallest absolute Gasteiger partial charge is 0.342 e. The van der Waals surface area contributed by atoms with Crippen LogP contribution in [0, 0.1) is 5.92 Å². The van der Waals surface area contributed by atoms with Crippen molar-refractivity contribution in [1.82, 2.24) is 4.90 Å². The summed E-state index contributed by atoms with van der Waals surface area (Å²) in [7, 11) is 4.41. The number of carbonyl (C=O) groups excluding carboxylic acids is 2. The van der Waals surface area contributed by atoms with E-state index >= 15 is 0 Å². The molecule has 28 heavy (non-hydrogen) atoms. The minimum atomic E-state index is -0.622. The van der Waals surface area contributed by atoms with Crippen molar-refractivity contribution in [3.8, 4) is 17.2 Å². The van der Waals surface area contributed by atoms with E-state index in [4.69, 9.17) is 18.9 Å². The lowest BCUT2D eigenvalue weighted by Gasteiger charge is -2.44. The first-order valence-electron chi connectivity index (χ1n) is 9.86. The molecular formula is C21H29NO6. The van der Waals surface area contributed by atoms with Gasteiger partial charge in [-0.2, -0.15) is 0 Å². The number of likely N-dealkylation sites (tertiary alicyclic amines) is 1. The van der Waals surface area contributed by atoms with E-state index in [0.29, 0.717) is 23.5 Å². The zero-order valence-corrected chi connectivity index (χ0v) is 16.9. The van der Waals surface area contributed by atoms with Gasteiger partial charge in [0.25, 0.3) is 5.91 Å². The monoisotopic (exact) mass is 391 g/mol. The van der Waals surface area contributed by atoms with Gasteiger partial charge in [-0.3, -0.25) is 4.79 Å². The van der Waals surface area contributed by atoms with Crippen molar-refractivity contribution in [2.75, 3.05) is 34.5 Å². The highest BCUT2D eigenvalue weighted by Crippen LogP contribution is 2.40. The van der Waals surface area contributed by atoms with E-state index in [9.17, 15) is 9.59 Å². The quantitative estimate of drug-likeness (QED) is 0.694. The van der Waals surface area contributed by atoms with Gasteiger partial charge < -0.3 is 23.8 Å². The summed E-state index contributed by atoms with van der Waals surface area (Å²) in [6.07, 6.45) is 6.86. The third kappa shape index (κ3) is 4.03. The van der Waals surface area contributed by atoms with Crippen molar-refractivity contribution < 1.29 is 28.5 Å². The maximum Gasteiger partial charge on any atom is 0.342 e. The molecule has 7 nitrogen and oxygen atoms in total. The van der Waals surface area contributed by atoms with E-state index in [1.165, 1.54) is 40.6 Å². The molecule has 0 N–H and O–H groups in total. The molecule has 1 aliphatic heterocycles. The van der Waals surface area contributed by atoms with Gasteiger partial charge in [0, 0.05) is 12.6 Å². The summed E-state index contributed by atoms with van der Waals surface area (Å²) in [5.74, 6) is 0.834. The molecule has 1 aliphatic carbocycles. The van der Waals surface area contributed by atoms with E-state index in [-0.39, 0.29) is 23.8 Å². The molecule has 2 aliphatic rings. The van der Waals surface area contributed by atoms with Crippen LogP contribution in [0.3, 0.4) is 0 Å². The van der Waals surface area contributed by atoms with Crippen LogP contribution in [0.1, 0.15) is 48.9 Å². The predicted octanol–water partition coefficient (Wildman–Crippen LogP) is 3.05. The number of hydrogen-bond acceptors (Lipinski definition) is 6. The Morgan fingerprint density at radius 3 is 2.39 bits per heavy atom. The standard InChI is InChI=1S/C21H29NO6/c1-25-17-11-10-15(19(26-2)20(17)27-3)21(24)28-13-18(23)22-12-6-8-14-7-4-5-9-16(14)22/h10-11,14,16H,4-9,12-13H2,1-3H3/t14-,16+/m0/s1. The number of ether oxygens (including phenoxy) is 4. The summed E-state index contributed by atoms with van der Waals surface area (Å²) in [5.41, 5.74) is 0.196. The molecule has 0 aromatic heterocycles. The van der Waals surface area contributed by atoms with Crippen molar-refractivity contribution in [2.24, 2.45) is 5.92 Å². The normalized spacial score (nSPS) is 21.5. The van der Waals surface area contributed by atoms with Gasteiger partial charge >= 0.3 is 5.97 Å². The first-order chi connectivity index (χ1) is 13.6. The van der Waals surface area contributed by atoms with E-state index in [0.717, 1.165) is 25.8 Å². The summed E-state index contributed by atoms with van der Waals surface area (Å²) in [6, 6.07) is 3.45. The molecule has 1 aromatic carbocycles. The summed E-state index contributed by atoms with van der Waals surface area (Å²) in [5, 5.41) is 0. The minimum absolute atomic E-state index is 0.121. The molecule has 154 valence electrons. The average molecular weight is 391 g/mol. The first kappa shape index (κ1) is 20.3. The molecule has 0 bridgehead atoms. The Kier molecular flexibility index (Phi) is 6.65. The second-order valence-corrected chi connectivity index (χ2v) is 7.30. The fourth-order valence-corrected chi connectivity index (χ4v) is 4.48. The highest BCUT2D eigenvalue weighted by atomic mass is 16.5. The molecular weight excluding hydrogens is 362 g/mol. The van der Waals surface area contributed by atoms with Gasteiger partial charge in [0.2, 0.25) is 5.75 Å². The van der Waals surface area contributed by atoms with Gasteiger partial charge in [0.15, 0.2) is 18.1 Å². The van der Waals surface area contributed by atoms with Crippen LogP contribution in [0.25, 0.3) is 0 Å². The molecule has 0 radical (unpaired) electrons. The highest BCUT2D eigenvalue weighted by molar-refractivity contribution is 5.95. The summed E-state index contributed by atoms with van der Waals surface area (Å²) >= 11 is 0. The molecule has 7 heteroatoms. The molecule has 1 heterocycles. The maximum absolute atomic E-state index is 12.7. The molecule has 1 saturated carbocycles. The zero-order valence-electron chi connectivity index (χ0n) is 16.9. The molecule has 1 aromatic rings. The highest BCUT2D eigenvalue weighted by Gasteiger charge is 2.36. The average Bonchev–Trinajstić information content (AvgIpc) is 2.75. The molecule has 0 spiro atoms. The third-order valence-corrected chi connectivity index (χ3v) is 5.81. The third-order valence-electron chi connectivity index (χ3n) is 5.81. The lowest BCUT2D eigenvalue weighted by Crippen LogP contribution is -2.50. The van der Waals surface area contributed by atoms with Crippen LogP contribution < -0.4 is 14.2 Å². The molecule has 3 rings (SSSR count). The van der Waals surface area contributed by atoms with Crippen molar-refractivity contribution in [2.45, 2.75) is 44.6 Å². The van der Waals surface area contributed by atoms with Crippen LogP contribution >= 0.6 is 0 Å². The van der Waals surface area contributed by atoms with Crippen molar-refractivity contribution in [3.63, 3.8) is 0 Å². The van der Waals surface area contributed by atoms with Gasteiger partial charge in [0.05, 0.1) is 21.3 Å². The second kappa shape index (κ2) is 9.17. The number of piperidine rings is 1. The maximum atomic E-state index is 12.7. The molecule has 1 saturated heterocycles. The van der Waals surface area contributed by atoms with Crippen molar-refractivity contribution >= 4 is 11.9 Å². The van der Waals surface area contributed by atoms with Gasteiger partial charge in [-0.25, -0.2) is 4.79 Å². The molecule has 2 fully saturated rings. The second-order valence-electron chi connectivity index (χ2n) is 7.30. The number of fused-ring (bicyclic) bond motifs is 1. The van der Waals surface area contributed by atoms with Crippen LogP contribution in [-0.2, 0) is 9.53 Å². The summed E-state index contributed by atoms with van der Waals surface area (Å²) < 4.78 is 21.2. The molecule has 2 atom stereocenters. The van der Waals surface area contributed by atoms with Crippen molar-refractivity contribution in [3.05, 3.63) is 17.7 Å². The lowest BCUT2D eigenvalue weighted by molar-refractivity contribution is -0.140. The van der Waals surface area contributed by atoms with Crippen LogP contribution in [0.4, 0.5) is 0 Å². The molecule has 1 amide bonds. The van der Waals surface area contributed by atoms with Crippen molar-refractivity contribution in [1.29, 1.82) is 0 Å². The van der Waals surface area contributed by atoms with E-state index in [2.05, 4.69) is 0 Å². The Hall–Kier alpha value is -2.44.